The molecule has 1 aromatic rings. The van der Waals surface area contributed by atoms with E-state index in [4.69, 9.17) is 5.73 Å². The summed E-state index contributed by atoms with van der Waals surface area (Å²) in [6.07, 6.45) is 2.99. The molecule has 0 aliphatic carbocycles. The van der Waals surface area contributed by atoms with E-state index in [2.05, 4.69) is 10.0 Å². The highest BCUT2D eigenvalue weighted by molar-refractivity contribution is 7.92. The number of nitrogens with two attached hydrogens (primary N) is 1. The predicted octanol–water partition coefficient (Wildman–Crippen LogP) is 1.51. The Labute approximate surface area is 119 Å². The molecule has 0 radical (unpaired) electrons. The summed E-state index contributed by atoms with van der Waals surface area (Å²) in [6, 6.07) is 6.66. The number of carbonyl (C=O) groups is 1. The zero-order chi connectivity index (χ0) is 15.2. The summed E-state index contributed by atoms with van der Waals surface area (Å²) in [4.78, 5) is 11.7. The van der Waals surface area contributed by atoms with Crippen molar-refractivity contribution >= 4 is 27.3 Å². The maximum Gasteiger partial charge on any atom is 0.229 e. The van der Waals surface area contributed by atoms with E-state index in [1.165, 1.54) is 0 Å². The highest BCUT2D eigenvalue weighted by Crippen LogP contribution is 2.16. The van der Waals surface area contributed by atoms with Crippen LogP contribution in [0.1, 0.15) is 26.2 Å². The van der Waals surface area contributed by atoms with Crippen LogP contribution in [0.4, 0.5) is 11.4 Å². The van der Waals surface area contributed by atoms with Gasteiger partial charge in [0.05, 0.1) is 11.9 Å². The van der Waals surface area contributed by atoms with Gasteiger partial charge in [0.2, 0.25) is 15.9 Å². The van der Waals surface area contributed by atoms with E-state index in [1.807, 2.05) is 6.92 Å². The van der Waals surface area contributed by atoms with E-state index in [0.717, 1.165) is 19.1 Å². The van der Waals surface area contributed by atoms with Crippen LogP contribution in [0.2, 0.25) is 0 Å². The average molecular weight is 299 g/mol. The number of amides is 1. The first kappa shape index (κ1) is 16.5. The van der Waals surface area contributed by atoms with E-state index in [9.17, 15) is 13.2 Å². The smallest absolute Gasteiger partial charge is 0.229 e. The van der Waals surface area contributed by atoms with Crippen molar-refractivity contribution in [3.05, 3.63) is 24.3 Å². The first-order chi connectivity index (χ1) is 9.26. The number of anilines is 2. The monoisotopic (exact) mass is 299 g/mol. The summed E-state index contributed by atoms with van der Waals surface area (Å²) >= 11 is 0. The van der Waals surface area contributed by atoms with Gasteiger partial charge in [0.15, 0.2) is 0 Å². The normalized spacial score (nSPS) is 12.8. The Balaban J connectivity index is 2.55. The topological polar surface area (TPSA) is 101 Å². The minimum atomic E-state index is -3.32. The van der Waals surface area contributed by atoms with Crippen molar-refractivity contribution < 1.29 is 13.2 Å². The molecular formula is C13H21N3O3S. The fraction of sp³-hybridized carbons (Fsp3) is 0.462. The Morgan fingerprint density at radius 1 is 1.35 bits per heavy atom. The van der Waals surface area contributed by atoms with Gasteiger partial charge in [-0.1, -0.05) is 6.07 Å². The van der Waals surface area contributed by atoms with Gasteiger partial charge in [-0.05, 0) is 38.0 Å². The molecule has 1 unspecified atom stereocenters. The molecule has 0 aliphatic rings. The van der Waals surface area contributed by atoms with Crippen molar-refractivity contribution in [3.8, 4) is 0 Å². The lowest BCUT2D eigenvalue weighted by atomic mass is 10.1. The molecule has 6 nitrogen and oxygen atoms in total. The van der Waals surface area contributed by atoms with Crippen LogP contribution in [0, 0.1) is 0 Å². The van der Waals surface area contributed by atoms with Crippen molar-refractivity contribution in [2.45, 2.75) is 32.2 Å². The van der Waals surface area contributed by atoms with Gasteiger partial charge in [-0.25, -0.2) is 8.42 Å². The van der Waals surface area contributed by atoms with Crippen LogP contribution in [-0.4, -0.2) is 26.6 Å². The highest BCUT2D eigenvalue weighted by Gasteiger charge is 2.06. The molecule has 0 saturated heterocycles. The zero-order valence-corrected chi connectivity index (χ0v) is 12.5. The lowest BCUT2D eigenvalue weighted by molar-refractivity contribution is -0.116. The second-order valence-corrected chi connectivity index (χ2v) is 6.62. The lowest BCUT2D eigenvalue weighted by Crippen LogP contribution is -2.17. The first-order valence-corrected chi connectivity index (χ1v) is 8.29. The fourth-order valence-corrected chi connectivity index (χ4v) is 2.24. The summed E-state index contributed by atoms with van der Waals surface area (Å²) < 4.78 is 24.6. The van der Waals surface area contributed by atoms with Crippen LogP contribution in [0.25, 0.3) is 0 Å². The second kappa shape index (κ2) is 7.25. The maximum absolute atomic E-state index is 11.7. The number of hydrogen-bond acceptors (Lipinski definition) is 4. The molecule has 0 heterocycles. The van der Waals surface area contributed by atoms with Crippen LogP contribution >= 0.6 is 0 Å². The van der Waals surface area contributed by atoms with Crippen LogP contribution in [0.5, 0.6) is 0 Å². The Morgan fingerprint density at radius 2 is 2.00 bits per heavy atom. The Kier molecular flexibility index (Phi) is 5.97. The van der Waals surface area contributed by atoms with Gasteiger partial charge in [0.1, 0.15) is 0 Å². The third kappa shape index (κ3) is 7.10. The van der Waals surface area contributed by atoms with Gasteiger partial charge in [-0.3, -0.25) is 9.52 Å². The largest absolute Gasteiger partial charge is 0.328 e. The molecule has 112 valence electrons. The first-order valence-electron chi connectivity index (χ1n) is 6.39. The zero-order valence-electron chi connectivity index (χ0n) is 11.7. The molecule has 1 rings (SSSR count). The van der Waals surface area contributed by atoms with Gasteiger partial charge in [0, 0.05) is 18.2 Å². The summed E-state index contributed by atoms with van der Waals surface area (Å²) in [5.74, 6) is -0.109. The minimum Gasteiger partial charge on any atom is -0.328 e. The van der Waals surface area contributed by atoms with Crippen molar-refractivity contribution in [2.24, 2.45) is 5.73 Å². The van der Waals surface area contributed by atoms with Crippen molar-refractivity contribution in [1.29, 1.82) is 0 Å². The number of hydrogen-bond donors (Lipinski definition) is 3. The van der Waals surface area contributed by atoms with Crippen molar-refractivity contribution in [2.75, 3.05) is 16.3 Å². The molecule has 0 aliphatic heterocycles. The van der Waals surface area contributed by atoms with E-state index in [-0.39, 0.29) is 11.9 Å². The number of benzene rings is 1. The van der Waals surface area contributed by atoms with Crippen LogP contribution in [0.3, 0.4) is 0 Å². The molecule has 0 spiro atoms. The van der Waals surface area contributed by atoms with E-state index in [1.54, 1.807) is 24.3 Å². The van der Waals surface area contributed by atoms with Crippen LogP contribution < -0.4 is 15.8 Å². The Bertz CT molecular complexity index is 556. The molecule has 0 bridgehead atoms. The fourth-order valence-electron chi connectivity index (χ4n) is 1.68. The highest BCUT2D eigenvalue weighted by atomic mass is 32.2. The average Bonchev–Trinajstić information content (AvgIpc) is 2.26. The Hall–Kier alpha value is -1.60. The van der Waals surface area contributed by atoms with E-state index >= 15 is 0 Å². The number of sulfonamides is 1. The molecule has 4 N–H and O–H groups in total. The van der Waals surface area contributed by atoms with Gasteiger partial charge in [-0.15, -0.1) is 0 Å². The summed E-state index contributed by atoms with van der Waals surface area (Å²) in [6.45, 7) is 1.90. The summed E-state index contributed by atoms with van der Waals surface area (Å²) in [5, 5.41) is 2.73. The second-order valence-electron chi connectivity index (χ2n) is 4.87. The van der Waals surface area contributed by atoms with E-state index < -0.39 is 10.0 Å². The quantitative estimate of drug-likeness (QED) is 0.710. The predicted molar refractivity (Wildman–Crippen MR) is 81.0 cm³/mol. The standard InChI is InChI=1S/C13H21N3O3S/c1-10(14)5-3-8-13(17)15-11-6-4-7-12(9-11)16-20(2,18)19/h4,6-7,9-10,16H,3,5,8,14H2,1-2H3,(H,15,17). The number of rotatable bonds is 7. The number of nitrogens with one attached hydrogen (secondary N) is 2. The molecule has 0 aromatic heterocycles. The maximum atomic E-state index is 11.7. The molecule has 0 saturated carbocycles. The molecule has 0 fully saturated rings. The van der Waals surface area contributed by atoms with Gasteiger partial charge in [0.25, 0.3) is 0 Å². The molecule has 1 amide bonds. The minimum absolute atomic E-state index is 0.0880. The van der Waals surface area contributed by atoms with Gasteiger partial charge >= 0.3 is 0 Å². The van der Waals surface area contributed by atoms with Crippen molar-refractivity contribution in [3.63, 3.8) is 0 Å². The van der Waals surface area contributed by atoms with Crippen LogP contribution in [-0.2, 0) is 14.8 Å². The van der Waals surface area contributed by atoms with Crippen molar-refractivity contribution in [1.82, 2.24) is 0 Å². The molecular weight excluding hydrogens is 278 g/mol. The lowest BCUT2D eigenvalue weighted by Gasteiger charge is -2.09. The van der Waals surface area contributed by atoms with E-state index in [0.29, 0.717) is 17.8 Å². The third-order valence-electron chi connectivity index (χ3n) is 2.51. The van der Waals surface area contributed by atoms with Crippen LogP contribution in [0.15, 0.2) is 24.3 Å². The number of carbonyl (C=O) groups excluding carboxylic acids is 1. The SMILES string of the molecule is CC(N)CCCC(=O)Nc1cccc(NS(C)(=O)=O)c1. The van der Waals surface area contributed by atoms with Gasteiger partial charge < -0.3 is 11.1 Å². The molecule has 1 aromatic carbocycles. The summed E-state index contributed by atoms with van der Waals surface area (Å²) in [7, 11) is -3.32. The molecule has 1 atom stereocenters. The molecule has 7 heteroatoms. The molecule has 20 heavy (non-hydrogen) atoms. The van der Waals surface area contributed by atoms with Gasteiger partial charge in [-0.2, -0.15) is 0 Å². The summed E-state index contributed by atoms with van der Waals surface area (Å²) in [5.41, 5.74) is 6.59. The third-order valence-corrected chi connectivity index (χ3v) is 3.12. The Morgan fingerprint density at radius 3 is 2.60 bits per heavy atom.